The molecule has 0 spiro atoms. The lowest BCUT2D eigenvalue weighted by Crippen LogP contribution is -2.43. The van der Waals surface area contributed by atoms with Gasteiger partial charge in [-0.2, -0.15) is 11.3 Å². The number of hydrogen-bond donors (Lipinski definition) is 2. The van der Waals surface area contributed by atoms with E-state index in [0.717, 1.165) is 25.1 Å². The van der Waals surface area contributed by atoms with Crippen LogP contribution in [0.1, 0.15) is 28.3 Å². The molecule has 5 rings (SSSR count). The number of hydrogen-bond acceptors (Lipinski definition) is 3. The normalized spacial score (nSPS) is 14.6. The summed E-state index contributed by atoms with van der Waals surface area (Å²) < 4.78 is 0. The Morgan fingerprint density at radius 3 is 2.62 bits per heavy atom. The number of carbonyl (C=O) groups excluding carboxylic acids is 1. The second kappa shape index (κ2) is 9.55. The number of benzene rings is 3. The number of thiophene rings is 1. The van der Waals surface area contributed by atoms with Crippen molar-refractivity contribution in [3.05, 3.63) is 106 Å². The van der Waals surface area contributed by atoms with Crippen LogP contribution in [0.3, 0.4) is 0 Å². The van der Waals surface area contributed by atoms with Crippen LogP contribution in [-0.4, -0.2) is 24.0 Å². The molecule has 1 aromatic heterocycles. The van der Waals surface area contributed by atoms with Gasteiger partial charge in [-0.1, -0.05) is 66.7 Å². The SMILES string of the molecule is O=C(NCc1cccc2ccccc12)NCC(c1ccsc1)N1CCc2ccccc2C1. The van der Waals surface area contributed by atoms with E-state index in [9.17, 15) is 4.79 Å². The fourth-order valence-electron chi connectivity index (χ4n) is 4.58. The van der Waals surface area contributed by atoms with Gasteiger partial charge in [0.05, 0.1) is 6.04 Å². The van der Waals surface area contributed by atoms with E-state index in [-0.39, 0.29) is 12.1 Å². The standard InChI is InChI=1S/C27H27N3OS/c31-27(28-16-22-10-5-9-21-7-3-4-11-25(21)22)29-17-26(24-13-15-32-19-24)30-14-12-20-6-1-2-8-23(20)18-30/h1-11,13,15,19,26H,12,14,16-18H2,(H2,28,29,31). The smallest absolute Gasteiger partial charge is 0.315 e. The van der Waals surface area contributed by atoms with Gasteiger partial charge in [0, 0.05) is 26.2 Å². The number of urea groups is 1. The molecule has 0 saturated heterocycles. The van der Waals surface area contributed by atoms with Crippen molar-refractivity contribution in [2.75, 3.05) is 13.1 Å². The van der Waals surface area contributed by atoms with Gasteiger partial charge in [-0.25, -0.2) is 4.79 Å². The van der Waals surface area contributed by atoms with Gasteiger partial charge in [0.15, 0.2) is 0 Å². The Balaban J connectivity index is 1.23. The van der Waals surface area contributed by atoms with Crippen LogP contribution in [0, 0.1) is 0 Å². The lowest BCUT2D eigenvalue weighted by Gasteiger charge is -2.35. The summed E-state index contributed by atoms with van der Waals surface area (Å²) >= 11 is 1.71. The first-order valence-electron chi connectivity index (χ1n) is 11.1. The minimum absolute atomic E-state index is 0.129. The monoisotopic (exact) mass is 441 g/mol. The third kappa shape index (κ3) is 4.54. The Bertz CT molecular complexity index is 1200. The Morgan fingerprint density at radius 1 is 0.938 bits per heavy atom. The van der Waals surface area contributed by atoms with Gasteiger partial charge in [0.1, 0.15) is 0 Å². The van der Waals surface area contributed by atoms with E-state index < -0.39 is 0 Å². The zero-order valence-electron chi connectivity index (χ0n) is 18.0. The average Bonchev–Trinajstić information content (AvgIpc) is 3.37. The summed E-state index contributed by atoms with van der Waals surface area (Å²) in [5.74, 6) is 0. The summed E-state index contributed by atoms with van der Waals surface area (Å²) in [5, 5.41) is 12.8. The van der Waals surface area contributed by atoms with Crippen molar-refractivity contribution in [3.63, 3.8) is 0 Å². The lowest BCUT2D eigenvalue weighted by atomic mass is 9.97. The summed E-state index contributed by atoms with van der Waals surface area (Å²) in [6, 6.07) is 25.4. The van der Waals surface area contributed by atoms with Crippen molar-refractivity contribution in [2.45, 2.75) is 25.6 Å². The topological polar surface area (TPSA) is 44.4 Å². The van der Waals surface area contributed by atoms with Crippen LogP contribution in [0.5, 0.6) is 0 Å². The molecular weight excluding hydrogens is 414 g/mol. The van der Waals surface area contributed by atoms with Gasteiger partial charge in [0.2, 0.25) is 0 Å². The molecule has 2 amide bonds. The van der Waals surface area contributed by atoms with Gasteiger partial charge in [0.25, 0.3) is 0 Å². The van der Waals surface area contributed by atoms with Crippen LogP contribution in [-0.2, 0) is 19.5 Å². The van der Waals surface area contributed by atoms with Crippen molar-refractivity contribution in [2.24, 2.45) is 0 Å². The van der Waals surface area contributed by atoms with E-state index >= 15 is 0 Å². The molecule has 162 valence electrons. The van der Waals surface area contributed by atoms with Crippen molar-refractivity contribution in [1.82, 2.24) is 15.5 Å². The Hall–Kier alpha value is -3.15. The van der Waals surface area contributed by atoms with Gasteiger partial charge < -0.3 is 10.6 Å². The van der Waals surface area contributed by atoms with E-state index in [4.69, 9.17) is 0 Å². The van der Waals surface area contributed by atoms with Gasteiger partial charge in [-0.3, -0.25) is 4.90 Å². The predicted molar refractivity (Wildman–Crippen MR) is 132 cm³/mol. The van der Waals surface area contributed by atoms with Crippen LogP contribution < -0.4 is 10.6 Å². The molecule has 0 aliphatic carbocycles. The zero-order chi connectivity index (χ0) is 21.8. The number of nitrogens with one attached hydrogen (secondary N) is 2. The first kappa shape index (κ1) is 20.7. The van der Waals surface area contributed by atoms with E-state index in [0.29, 0.717) is 13.1 Å². The molecular formula is C27H27N3OS. The molecule has 0 bridgehead atoms. The first-order valence-corrected chi connectivity index (χ1v) is 12.0. The van der Waals surface area contributed by atoms with Crippen LogP contribution in [0.15, 0.2) is 83.6 Å². The van der Waals surface area contributed by atoms with Gasteiger partial charge >= 0.3 is 6.03 Å². The minimum Gasteiger partial charge on any atom is -0.336 e. The molecule has 1 atom stereocenters. The highest BCUT2D eigenvalue weighted by Crippen LogP contribution is 2.28. The second-order valence-corrected chi connectivity index (χ2v) is 9.04. The van der Waals surface area contributed by atoms with Crippen molar-refractivity contribution in [3.8, 4) is 0 Å². The molecule has 4 aromatic rings. The average molecular weight is 442 g/mol. The lowest BCUT2D eigenvalue weighted by molar-refractivity contribution is 0.174. The van der Waals surface area contributed by atoms with Crippen molar-refractivity contribution in [1.29, 1.82) is 0 Å². The Labute approximate surface area is 192 Å². The third-order valence-corrected chi connectivity index (χ3v) is 7.01. The summed E-state index contributed by atoms with van der Waals surface area (Å²) in [5.41, 5.74) is 5.22. The van der Waals surface area contributed by atoms with Crippen molar-refractivity contribution < 1.29 is 4.79 Å². The maximum Gasteiger partial charge on any atom is 0.315 e. The molecule has 0 radical (unpaired) electrons. The van der Waals surface area contributed by atoms with E-state index in [1.54, 1.807) is 11.3 Å². The number of nitrogens with zero attached hydrogens (tertiary/aromatic N) is 1. The minimum atomic E-state index is -0.129. The zero-order valence-corrected chi connectivity index (χ0v) is 18.8. The van der Waals surface area contributed by atoms with Crippen molar-refractivity contribution >= 4 is 28.1 Å². The quantitative estimate of drug-likeness (QED) is 0.415. The van der Waals surface area contributed by atoms with Crippen LogP contribution in [0.4, 0.5) is 4.79 Å². The van der Waals surface area contributed by atoms with E-state index in [1.807, 2.05) is 18.2 Å². The largest absolute Gasteiger partial charge is 0.336 e. The summed E-state index contributed by atoms with van der Waals surface area (Å²) in [6.45, 7) is 3.00. The second-order valence-electron chi connectivity index (χ2n) is 8.26. The maximum absolute atomic E-state index is 12.7. The summed E-state index contributed by atoms with van der Waals surface area (Å²) in [4.78, 5) is 15.2. The highest BCUT2D eigenvalue weighted by molar-refractivity contribution is 7.08. The first-order chi connectivity index (χ1) is 15.8. The fourth-order valence-corrected chi connectivity index (χ4v) is 5.29. The highest BCUT2D eigenvalue weighted by atomic mass is 32.1. The molecule has 2 N–H and O–H groups in total. The maximum atomic E-state index is 12.7. The molecule has 2 heterocycles. The highest BCUT2D eigenvalue weighted by Gasteiger charge is 2.25. The van der Waals surface area contributed by atoms with Gasteiger partial charge in [-0.15, -0.1) is 0 Å². The molecule has 1 aliphatic rings. The predicted octanol–water partition coefficient (Wildman–Crippen LogP) is 5.50. The van der Waals surface area contributed by atoms with Crippen LogP contribution in [0.25, 0.3) is 10.8 Å². The molecule has 5 heteroatoms. The molecule has 3 aromatic carbocycles. The Morgan fingerprint density at radius 2 is 1.75 bits per heavy atom. The number of amides is 2. The molecule has 4 nitrogen and oxygen atoms in total. The van der Waals surface area contributed by atoms with Crippen LogP contribution >= 0.6 is 11.3 Å². The molecule has 0 saturated carbocycles. The third-order valence-electron chi connectivity index (χ3n) is 6.30. The fraction of sp³-hybridized carbons (Fsp3) is 0.222. The van der Waals surface area contributed by atoms with Gasteiger partial charge in [-0.05, 0) is 56.3 Å². The molecule has 1 unspecified atom stereocenters. The molecule has 1 aliphatic heterocycles. The molecule has 32 heavy (non-hydrogen) atoms. The number of fused-ring (bicyclic) bond motifs is 2. The summed E-state index contributed by atoms with van der Waals surface area (Å²) in [7, 11) is 0. The summed E-state index contributed by atoms with van der Waals surface area (Å²) in [6.07, 6.45) is 1.05. The number of carbonyl (C=O) groups is 1. The van der Waals surface area contributed by atoms with E-state index in [2.05, 4.69) is 80.9 Å². The van der Waals surface area contributed by atoms with E-state index in [1.165, 1.54) is 27.5 Å². The number of rotatable bonds is 6. The Kier molecular flexibility index (Phi) is 6.19. The van der Waals surface area contributed by atoms with Crippen LogP contribution in [0.2, 0.25) is 0 Å². The molecule has 0 fully saturated rings.